The van der Waals surface area contributed by atoms with Gasteiger partial charge >= 0.3 is 0 Å². The van der Waals surface area contributed by atoms with Crippen molar-refractivity contribution in [1.82, 2.24) is 15.1 Å². The number of piperidine rings is 1. The van der Waals surface area contributed by atoms with Gasteiger partial charge in [0.25, 0.3) is 0 Å². The van der Waals surface area contributed by atoms with E-state index in [-0.39, 0.29) is 11.8 Å². The molecule has 2 rings (SSSR count). The third-order valence-corrected chi connectivity index (χ3v) is 4.96. The lowest BCUT2D eigenvalue weighted by atomic mass is 10.1. The number of hydrogen-bond acceptors (Lipinski definition) is 6. The van der Waals surface area contributed by atoms with E-state index in [1.54, 1.807) is 6.92 Å². The highest BCUT2D eigenvalue weighted by molar-refractivity contribution is 8.01. The lowest BCUT2D eigenvalue weighted by molar-refractivity contribution is -0.129. The molecular weight excluding hydrogens is 296 g/mol. The molecule has 0 bridgehead atoms. The second-order valence-electron chi connectivity index (χ2n) is 4.50. The summed E-state index contributed by atoms with van der Waals surface area (Å²) >= 11 is 2.68. The van der Waals surface area contributed by atoms with Crippen molar-refractivity contribution in [2.75, 3.05) is 24.2 Å². The Hall–Kier alpha value is -1.15. The van der Waals surface area contributed by atoms with Crippen LogP contribution in [0.25, 0.3) is 0 Å². The number of likely N-dealkylation sites (tertiary alicyclic amines) is 1. The largest absolute Gasteiger partial charge is 0.342 e. The third-order valence-electron chi connectivity index (χ3n) is 3.00. The fourth-order valence-electron chi connectivity index (χ4n) is 1.88. The molecule has 1 aliphatic heterocycles. The number of carbonyl (C=O) groups is 2. The zero-order valence-electron chi connectivity index (χ0n) is 11.4. The molecule has 2 amide bonds. The molecule has 1 N–H and O–H groups in total. The van der Waals surface area contributed by atoms with E-state index in [4.69, 9.17) is 0 Å². The molecule has 0 radical (unpaired) electrons. The number of hydrogen-bond donors (Lipinski definition) is 1. The van der Waals surface area contributed by atoms with Crippen LogP contribution in [0.15, 0.2) is 4.34 Å². The first-order valence-corrected chi connectivity index (χ1v) is 8.53. The molecule has 1 aromatic heterocycles. The molecule has 1 fully saturated rings. The first-order chi connectivity index (χ1) is 9.69. The minimum Gasteiger partial charge on any atom is -0.342 e. The summed E-state index contributed by atoms with van der Waals surface area (Å²) in [4.78, 5) is 25.1. The first-order valence-electron chi connectivity index (χ1n) is 6.73. The van der Waals surface area contributed by atoms with E-state index >= 15 is 0 Å². The van der Waals surface area contributed by atoms with Gasteiger partial charge in [-0.05, 0) is 19.3 Å². The summed E-state index contributed by atoms with van der Waals surface area (Å²) < 4.78 is 0.710. The van der Waals surface area contributed by atoms with Gasteiger partial charge in [-0.25, -0.2) is 0 Å². The Balaban J connectivity index is 1.78. The average molecular weight is 314 g/mol. The van der Waals surface area contributed by atoms with Crippen LogP contribution in [-0.4, -0.2) is 45.8 Å². The van der Waals surface area contributed by atoms with Gasteiger partial charge in [-0.15, -0.1) is 10.2 Å². The zero-order valence-corrected chi connectivity index (χ0v) is 13.1. The summed E-state index contributed by atoms with van der Waals surface area (Å²) in [5, 5.41) is 11.0. The number of nitrogens with zero attached hydrogens (tertiary/aromatic N) is 3. The van der Waals surface area contributed by atoms with Crippen molar-refractivity contribution in [2.24, 2.45) is 0 Å². The summed E-state index contributed by atoms with van der Waals surface area (Å²) in [5.74, 6) is 0.460. The van der Waals surface area contributed by atoms with E-state index in [0.717, 1.165) is 25.9 Å². The predicted molar refractivity (Wildman–Crippen MR) is 80.0 cm³/mol. The van der Waals surface area contributed by atoms with Gasteiger partial charge in [-0.2, -0.15) is 0 Å². The monoisotopic (exact) mass is 314 g/mol. The van der Waals surface area contributed by atoms with Crippen LogP contribution in [0, 0.1) is 0 Å². The Morgan fingerprint density at radius 1 is 1.30 bits per heavy atom. The molecule has 8 heteroatoms. The second kappa shape index (κ2) is 7.58. The van der Waals surface area contributed by atoms with Gasteiger partial charge < -0.3 is 10.2 Å². The molecule has 2 heterocycles. The van der Waals surface area contributed by atoms with E-state index in [2.05, 4.69) is 15.5 Å². The van der Waals surface area contributed by atoms with Crippen molar-refractivity contribution < 1.29 is 9.59 Å². The minimum atomic E-state index is -0.0814. The number of rotatable bonds is 5. The van der Waals surface area contributed by atoms with Crippen LogP contribution in [0.4, 0.5) is 5.13 Å². The third kappa shape index (κ3) is 4.45. The standard InChI is InChI=1S/C12H18N4O2S2/c1-2-9(17)13-11-14-15-12(20-11)19-8-10(18)16-6-4-3-5-7-16/h2-8H2,1H3,(H,13,14,17). The maximum absolute atomic E-state index is 12.0. The van der Waals surface area contributed by atoms with Crippen molar-refractivity contribution in [1.29, 1.82) is 0 Å². The molecule has 20 heavy (non-hydrogen) atoms. The number of amides is 2. The fourth-order valence-corrected chi connectivity index (χ4v) is 3.56. The number of carbonyl (C=O) groups excluding carboxylic acids is 2. The highest BCUT2D eigenvalue weighted by atomic mass is 32.2. The molecular formula is C12H18N4O2S2. The van der Waals surface area contributed by atoms with Crippen LogP contribution in [0.5, 0.6) is 0 Å². The highest BCUT2D eigenvalue weighted by Gasteiger charge is 2.17. The number of aromatic nitrogens is 2. The molecule has 0 atom stereocenters. The van der Waals surface area contributed by atoms with Crippen LogP contribution < -0.4 is 5.32 Å². The summed E-state index contributed by atoms with van der Waals surface area (Å²) in [5.41, 5.74) is 0. The van der Waals surface area contributed by atoms with Gasteiger partial charge in [0, 0.05) is 19.5 Å². The van der Waals surface area contributed by atoms with Crippen molar-refractivity contribution in [3.8, 4) is 0 Å². The lowest BCUT2D eigenvalue weighted by Crippen LogP contribution is -2.36. The van der Waals surface area contributed by atoms with Crippen molar-refractivity contribution in [3.05, 3.63) is 0 Å². The normalized spacial score (nSPS) is 15.2. The smallest absolute Gasteiger partial charge is 0.233 e. The molecule has 1 aliphatic rings. The Bertz CT molecular complexity index is 472. The number of nitrogens with one attached hydrogen (secondary N) is 1. The first kappa shape index (κ1) is 15.2. The van der Waals surface area contributed by atoms with Crippen molar-refractivity contribution in [3.63, 3.8) is 0 Å². The minimum absolute atomic E-state index is 0.0814. The van der Waals surface area contributed by atoms with Crippen LogP contribution >= 0.6 is 23.1 Å². The maximum atomic E-state index is 12.0. The summed E-state index contributed by atoms with van der Waals surface area (Å²) in [6, 6.07) is 0. The van der Waals surface area contributed by atoms with Crippen molar-refractivity contribution in [2.45, 2.75) is 36.9 Å². The molecule has 1 saturated heterocycles. The van der Waals surface area contributed by atoms with Gasteiger partial charge in [0.15, 0.2) is 4.34 Å². The Morgan fingerprint density at radius 3 is 2.75 bits per heavy atom. The molecule has 6 nitrogen and oxygen atoms in total. The van der Waals surface area contributed by atoms with Crippen LogP contribution in [0.2, 0.25) is 0 Å². The van der Waals surface area contributed by atoms with E-state index in [9.17, 15) is 9.59 Å². The average Bonchev–Trinajstić information content (AvgIpc) is 2.93. The molecule has 0 unspecified atom stereocenters. The van der Waals surface area contributed by atoms with Crippen molar-refractivity contribution >= 4 is 40.0 Å². The van der Waals surface area contributed by atoms with Gasteiger partial charge in [0.1, 0.15) is 0 Å². The molecule has 110 valence electrons. The fraction of sp³-hybridized carbons (Fsp3) is 0.667. The van der Waals surface area contributed by atoms with E-state index < -0.39 is 0 Å². The maximum Gasteiger partial charge on any atom is 0.233 e. The number of anilines is 1. The molecule has 0 saturated carbocycles. The summed E-state index contributed by atoms with van der Waals surface area (Å²) in [6.07, 6.45) is 3.83. The topological polar surface area (TPSA) is 75.2 Å². The van der Waals surface area contributed by atoms with Gasteiger partial charge in [-0.3, -0.25) is 9.59 Å². The van der Waals surface area contributed by atoms with E-state index in [1.165, 1.54) is 29.5 Å². The predicted octanol–water partition coefficient (Wildman–Crippen LogP) is 1.99. The molecule has 0 aromatic carbocycles. The van der Waals surface area contributed by atoms with Gasteiger partial charge in [0.2, 0.25) is 16.9 Å². The Kier molecular flexibility index (Phi) is 5.78. The van der Waals surface area contributed by atoms with E-state index in [1.807, 2.05) is 4.90 Å². The van der Waals surface area contributed by atoms with E-state index in [0.29, 0.717) is 21.6 Å². The molecule has 0 spiro atoms. The summed E-state index contributed by atoms with van der Waals surface area (Å²) in [6.45, 7) is 3.52. The molecule has 1 aromatic rings. The highest BCUT2D eigenvalue weighted by Crippen LogP contribution is 2.26. The lowest BCUT2D eigenvalue weighted by Gasteiger charge is -2.26. The molecule has 0 aliphatic carbocycles. The number of thioether (sulfide) groups is 1. The SMILES string of the molecule is CCC(=O)Nc1nnc(SCC(=O)N2CCCCC2)s1. The van der Waals surface area contributed by atoms with Gasteiger partial charge in [0.05, 0.1) is 5.75 Å². The van der Waals surface area contributed by atoms with Crippen LogP contribution in [0.3, 0.4) is 0 Å². The second-order valence-corrected chi connectivity index (χ2v) is 6.70. The van der Waals surface area contributed by atoms with Gasteiger partial charge in [-0.1, -0.05) is 30.0 Å². The Morgan fingerprint density at radius 2 is 2.05 bits per heavy atom. The summed E-state index contributed by atoms with van der Waals surface area (Å²) in [7, 11) is 0. The van der Waals surface area contributed by atoms with Crippen LogP contribution in [-0.2, 0) is 9.59 Å². The quantitative estimate of drug-likeness (QED) is 0.664. The van der Waals surface area contributed by atoms with Crippen LogP contribution in [0.1, 0.15) is 32.6 Å². The Labute approximate surface area is 126 Å². The zero-order chi connectivity index (χ0) is 14.4.